The summed E-state index contributed by atoms with van der Waals surface area (Å²) in [6.45, 7) is 1.24. The second-order valence-corrected chi connectivity index (χ2v) is 3.85. The molecule has 0 unspecified atom stereocenters. The van der Waals surface area contributed by atoms with E-state index in [1.54, 1.807) is 21.3 Å². The Morgan fingerprint density at radius 2 is 2.00 bits per heavy atom. The van der Waals surface area contributed by atoms with Gasteiger partial charge in [0.2, 0.25) is 0 Å². The Bertz CT molecular complexity index is 399. The van der Waals surface area contributed by atoms with E-state index in [0.717, 1.165) is 11.4 Å². The first-order chi connectivity index (χ1) is 8.71. The monoisotopic (exact) mass is 270 g/mol. The van der Waals surface area contributed by atoms with Gasteiger partial charge in [0.05, 0.1) is 26.5 Å². The maximum absolute atomic E-state index is 5.24. The predicted octanol–water partition coefficient (Wildman–Crippen LogP) is 1.64. The fourth-order valence-electron chi connectivity index (χ4n) is 1.34. The molecular formula is C12H18N2O3S. The molecule has 0 heterocycles. The third-order valence-corrected chi connectivity index (χ3v) is 2.49. The molecule has 0 atom stereocenters. The smallest absolute Gasteiger partial charge is 0.170 e. The molecule has 0 spiro atoms. The van der Waals surface area contributed by atoms with Gasteiger partial charge in [0, 0.05) is 19.7 Å². The van der Waals surface area contributed by atoms with E-state index in [4.69, 9.17) is 26.4 Å². The lowest BCUT2D eigenvalue weighted by molar-refractivity contribution is 0.204. The van der Waals surface area contributed by atoms with Crippen LogP contribution in [0.5, 0.6) is 11.5 Å². The van der Waals surface area contributed by atoms with E-state index < -0.39 is 0 Å². The molecule has 6 heteroatoms. The number of ether oxygens (including phenoxy) is 3. The summed E-state index contributed by atoms with van der Waals surface area (Å²) in [5.74, 6) is 1.43. The second kappa shape index (κ2) is 7.73. The second-order valence-electron chi connectivity index (χ2n) is 3.44. The van der Waals surface area contributed by atoms with Crippen LogP contribution in [0.2, 0.25) is 0 Å². The summed E-state index contributed by atoms with van der Waals surface area (Å²) in [5.41, 5.74) is 0.756. The topological polar surface area (TPSA) is 51.8 Å². The highest BCUT2D eigenvalue weighted by Crippen LogP contribution is 2.28. The van der Waals surface area contributed by atoms with Crippen LogP contribution >= 0.6 is 12.2 Å². The minimum absolute atomic E-state index is 0.513. The van der Waals surface area contributed by atoms with Gasteiger partial charge in [0.25, 0.3) is 0 Å². The Morgan fingerprint density at radius 3 is 2.61 bits per heavy atom. The number of rotatable bonds is 6. The van der Waals surface area contributed by atoms with E-state index in [-0.39, 0.29) is 0 Å². The SMILES string of the molecule is COCCNC(=S)Nc1cc(OC)ccc1OC. The Balaban J connectivity index is 2.66. The summed E-state index contributed by atoms with van der Waals surface area (Å²) in [7, 11) is 4.86. The maximum Gasteiger partial charge on any atom is 0.170 e. The van der Waals surface area contributed by atoms with Crippen LogP contribution in [0, 0.1) is 0 Å². The minimum Gasteiger partial charge on any atom is -0.497 e. The Hall–Kier alpha value is -1.53. The van der Waals surface area contributed by atoms with Gasteiger partial charge < -0.3 is 24.8 Å². The summed E-state index contributed by atoms with van der Waals surface area (Å²) in [5, 5.41) is 6.59. The van der Waals surface area contributed by atoms with Gasteiger partial charge >= 0.3 is 0 Å². The molecular weight excluding hydrogens is 252 g/mol. The molecule has 18 heavy (non-hydrogen) atoms. The van der Waals surface area contributed by atoms with E-state index in [0.29, 0.717) is 24.0 Å². The van der Waals surface area contributed by atoms with Crippen molar-refractivity contribution >= 4 is 23.0 Å². The molecule has 0 aliphatic carbocycles. The molecule has 1 rings (SSSR count). The summed E-state index contributed by atoms with van der Waals surface area (Å²) >= 11 is 5.16. The summed E-state index contributed by atoms with van der Waals surface area (Å²) in [6.07, 6.45) is 0. The minimum atomic E-state index is 0.513. The van der Waals surface area contributed by atoms with E-state index in [9.17, 15) is 0 Å². The molecule has 5 nitrogen and oxygen atoms in total. The van der Waals surface area contributed by atoms with Gasteiger partial charge in [0.1, 0.15) is 11.5 Å². The molecule has 0 aliphatic rings. The van der Waals surface area contributed by atoms with Crippen molar-refractivity contribution in [3.05, 3.63) is 18.2 Å². The summed E-state index contributed by atoms with van der Waals surface area (Å²) in [4.78, 5) is 0. The number of thiocarbonyl (C=S) groups is 1. The highest BCUT2D eigenvalue weighted by molar-refractivity contribution is 7.80. The van der Waals surface area contributed by atoms with Gasteiger partial charge in [-0.3, -0.25) is 0 Å². The van der Waals surface area contributed by atoms with E-state index in [1.807, 2.05) is 18.2 Å². The van der Waals surface area contributed by atoms with Crippen LogP contribution in [0.4, 0.5) is 5.69 Å². The molecule has 0 fully saturated rings. The van der Waals surface area contributed by atoms with Crippen LogP contribution in [-0.4, -0.2) is 39.6 Å². The standard InChI is InChI=1S/C12H18N2O3S/c1-15-7-6-13-12(18)14-10-8-9(16-2)4-5-11(10)17-3/h4-5,8H,6-7H2,1-3H3,(H2,13,14,18). The van der Waals surface area contributed by atoms with Gasteiger partial charge in [-0.2, -0.15) is 0 Å². The number of hydrogen-bond acceptors (Lipinski definition) is 4. The molecule has 0 bridgehead atoms. The Kier molecular flexibility index (Phi) is 6.24. The van der Waals surface area contributed by atoms with Crippen molar-refractivity contribution in [2.45, 2.75) is 0 Å². The van der Waals surface area contributed by atoms with Gasteiger partial charge in [-0.25, -0.2) is 0 Å². The van der Waals surface area contributed by atoms with Crippen molar-refractivity contribution in [2.75, 3.05) is 39.8 Å². The van der Waals surface area contributed by atoms with Crippen molar-refractivity contribution in [3.63, 3.8) is 0 Å². The number of anilines is 1. The molecule has 1 aromatic rings. The van der Waals surface area contributed by atoms with Crippen LogP contribution in [0.25, 0.3) is 0 Å². The lowest BCUT2D eigenvalue weighted by atomic mass is 10.2. The third-order valence-electron chi connectivity index (χ3n) is 2.25. The zero-order valence-electron chi connectivity index (χ0n) is 10.8. The van der Waals surface area contributed by atoms with Gasteiger partial charge in [-0.1, -0.05) is 0 Å². The van der Waals surface area contributed by atoms with E-state index in [1.165, 1.54) is 0 Å². The molecule has 0 saturated carbocycles. The first kappa shape index (κ1) is 14.5. The van der Waals surface area contributed by atoms with Gasteiger partial charge in [0.15, 0.2) is 5.11 Å². The molecule has 0 aliphatic heterocycles. The zero-order chi connectivity index (χ0) is 13.4. The van der Waals surface area contributed by atoms with Gasteiger partial charge in [-0.05, 0) is 24.4 Å². The quantitative estimate of drug-likeness (QED) is 0.605. The summed E-state index contributed by atoms with van der Waals surface area (Å²) in [6, 6.07) is 5.47. The molecule has 1 aromatic carbocycles. The van der Waals surface area contributed by atoms with Crippen LogP contribution in [0.15, 0.2) is 18.2 Å². The zero-order valence-corrected chi connectivity index (χ0v) is 11.6. The normalized spacial score (nSPS) is 9.72. The number of nitrogens with one attached hydrogen (secondary N) is 2. The highest BCUT2D eigenvalue weighted by Gasteiger charge is 2.06. The van der Waals surface area contributed by atoms with Crippen molar-refractivity contribution in [1.82, 2.24) is 5.32 Å². The number of methoxy groups -OCH3 is 3. The Morgan fingerprint density at radius 1 is 1.22 bits per heavy atom. The maximum atomic E-state index is 5.24. The first-order valence-corrected chi connectivity index (χ1v) is 5.88. The largest absolute Gasteiger partial charge is 0.497 e. The highest BCUT2D eigenvalue weighted by atomic mass is 32.1. The van der Waals surface area contributed by atoms with Crippen LogP contribution in [0.3, 0.4) is 0 Å². The average molecular weight is 270 g/mol. The first-order valence-electron chi connectivity index (χ1n) is 5.47. The third kappa shape index (κ3) is 4.38. The Labute approximate surface area is 112 Å². The van der Waals surface area contributed by atoms with Crippen LogP contribution in [-0.2, 0) is 4.74 Å². The fraction of sp³-hybridized carbons (Fsp3) is 0.417. The summed E-state index contributed by atoms with van der Waals surface area (Å²) < 4.78 is 15.3. The lowest BCUT2D eigenvalue weighted by Crippen LogP contribution is -2.31. The van der Waals surface area contributed by atoms with Crippen molar-refractivity contribution in [2.24, 2.45) is 0 Å². The molecule has 0 radical (unpaired) electrons. The van der Waals surface area contributed by atoms with Crippen LogP contribution in [0.1, 0.15) is 0 Å². The van der Waals surface area contributed by atoms with E-state index in [2.05, 4.69) is 10.6 Å². The van der Waals surface area contributed by atoms with Crippen molar-refractivity contribution in [3.8, 4) is 11.5 Å². The molecule has 0 saturated heterocycles. The average Bonchev–Trinajstić information content (AvgIpc) is 2.39. The molecule has 0 aromatic heterocycles. The van der Waals surface area contributed by atoms with Gasteiger partial charge in [-0.15, -0.1) is 0 Å². The molecule has 2 N–H and O–H groups in total. The molecule has 100 valence electrons. The molecule has 0 amide bonds. The lowest BCUT2D eigenvalue weighted by Gasteiger charge is -2.14. The predicted molar refractivity (Wildman–Crippen MR) is 75.6 cm³/mol. The number of benzene rings is 1. The fourth-order valence-corrected chi connectivity index (χ4v) is 1.56. The number of hydrogen-bond donors (Lipinski definition) is 2. The van der Waals surface area contributed by atoms with Crippen LogP contribution < -0.4 is 20.1 Å². The van der Waals surface area contributed by atoms with Crippen molar-refractivity contribution in [1.29, 1.82) is 0 Å². The van der Waals surface area contributed by atoms with E-state index >= 15 is 0 Å². The van der Waals surface area contributed by atoms with Crippen molar-refractivity contribution < 1.29 is 14.2 Å².